The summed E-state index contributed by atoms with van der Waals surface area (Å²) in [6, 6.07) is 0. The van der Waals surface area contributed by atoms with Crippen molar-refractivity contribution in [2.45, 2.75) is 109 Å². The van der Waals surface area contributed by atoms with Gasteiger partial charge in [-0.1, -0.05) is 44.5 Å². The number of ether oxygens (including phenoxy) is 6. The van der Waals surface area contributed by atoms with Crippen LogP contribution in [0.2, 0.25) is 0 Å². The third kappa shape index (κ3) is 38.2. The van der Waals surface area contributed by atoms with Gasteiger partial charge in [-0.3, -0.25) is 24.0 Å². The molecule has 0 bridgehead atoms. The smallest absolute Gasteiger partial charge is 0.220 e. The first-order valence-corrected chi connectivity index (χ1v) is 25.2. The van der Waals surface area contributed by atoms with Crippen LogP contribution in [-0.4, -0.2) is 158 Å². The molecule has 6 N–H and O–H groups in total. The van der Waals surface area contributed by atoms with Gasteiger partial charge in [0.05, 0.1) is 66.1 Å². The Balaban J connectivity index is 5.54. The van der Waals surface area contributed by atoms with Crippen molar-refractivity contribution >= 4 is 47.8 Å². The van der Waals surface area contributed by atoms with Crippen LogP contribution in [0.5, 0.6) is 0 Å². The largest absolute Gasteiger partial charge is 0.377 e. The number of rotatable bonds is 44. The summed E-state index contributed by atoms with van der Waals surface area (Å²) in [5.74, 6) is 5.62. The average Bonchev–Trinajstić information content (AvgIpc) is 3.27. The summed E-state index contributed by atoms with van der Waals surface area (Å²) >= 11 is 5.15. The molecule has 1 unspecified atom stereocenters. The molecular weight excluding hydrogens is 882 g/mol. The van der Waals surface area contributed by atoms with Gasteiger partial charge in [-0.25, -0.2) is 0 Å². The predicted octanol–water partition coefficient (Wildman–Crippen LogP) is 2.10. The lowest BCUT2D eigenvalue weighted by atomic mass is 9.82. The van der Waals surface area contributed by atoms with Crippen LogP contribution in [0.25, 0.3) is 0 Å². The summed E-state index contributed by atoms with van der Waals surface area (Å²) < 4.78 is 37.4. The Labute approximate surface area is 392 Å². The number of terminal acetylenes is 3. The zero-order valence-corrected chi connectivity index (χ0v) is 40.4. The van der Waals surface area contributed by atoms with E-state index in [9.17, 15) is 28.9 Å². The van der Waals surface area contributed by atoms with Crippen molar-refractivity contribution in [3.63, 3.8) is 0 Å². The molecule has 0 aliphatic carbocycles. The van der Waals surface area contributed by atoms with Gasteiger partial charge >= 0.3 is 0 Å². The molecule has 18 nitrogen and oxygen atoms in total. The first kappa shape index (κ1) is 61.4. The fraction of sp³-hybridized carbons (Fsp3) is 0.756. The summed E-state index contributed by atoms with van der Waals surface area (Å²) in [4.78, 5) is 75.5. The normalized spacial score (nSPS) is 12.0. The van der Waals surface area contributed by atoms with Gasteiger partial charge < -0.3 is 64.4 Å². The summed E-state index contributed by atoms with van der Waals surface area (Å²) in [6.07, 6.45) is 19.4. The zero-order valence-electron chi connectivity index (χ0n) is 38.7. The first-order valence-electron chi connectivity index (χ1n) is 22.4. The lowest BCUT2D eigenvalue weighted by Crippen LogP contribution is -2.50. The quantitative estimate of drug-likeness (QED) is 0.0292. The molecule has 0 aromatic rings. The molecule has 370 valence electrons. The number of amides is 5. The molecule has 0 saturated carbocycles. The first-order chi connectivity index (χ1) is 31.3. The van der Waals surface area contributed by atoms with Crippen molar-refractivity contribution in [1.82, 2.24) is 26.6 Å². The van der Waals surface area contributed by atoms with E-state index >= 15 is 0 Å². The molecule has 0 fully saturated rings. The van der Waals surface area contributed by atoms with Crippen molar-refractivity contribution in [2.75, 3.05) is 112 Å². The molecule has 0 aliphatic heterocycles. The molecule has 0 heterocycles. The maximum absolute atomic E-state index is 13.6. The van der Waals surface area contributed by atoms with E-state index in [1.165, 1.54) is 0 Å². The second kappa shape index (κ2) is 41.8. The van der Waals surface area contributed by atoms with Crippen LogP contribution in [0, 0.1) is 37.0 Å². The summed E-state index contributed by atoms with van der Waals surface area (Å²) in [5.41, 5.74) is -1.23. The molecule has 0 aromatic heterocycles. The van der Waals surface area contributed by atoms with E-state index in [0.29, 0.717) is 52.8 Å². The van der Waals surface area contributed by atoms with E-state index in [-0.39, 0.29) is 152 Å². The molecule has 0 radical (unpaired) electrons. The monoisotopic (exact) mass is 957 g/mol. The van der Waals surface area contributed by atoms with Gasteiger partial charge in [-0.2, -0.15) is 0 Å². The minimum absolute atomic E-state index is 0.00117. The van der Waals surface area contributed by atoms with Crippen molar-refractivity contribution in [2.24, 2.45) is 0 Å². The Morgan fingerprint density at radius 3 is 1.29 bits per heavy atom. The van der Waals surface area contributed by atoms with Gasteiger partial charge in [-0.15, -0.1) is 19.3 Å². The topological polar surface area (TPSA) is 230 Å². The Hall–Kier alpha value is -3.64. The van der Waals surface area contributed by atoms with E-state index in [1.54, 1.807) is 0 Å². The van der Waals surface area contributed by atoms with Crippen LogP contribution in [0.3, 0.4) is 0 Å². The molecule has 0 spiro atoms. The van der Waals surface area contributed by atoms with Crippen LogP contribution < -0.4 is 26.6 Å². The molecule has 65 heavy (non-hydrogen) atoms. The number of carbonyl (C=O) groups excluding carboxylic acids is 5. The fourth-order valence-corrected chi connectivity index (χ4v) is 6.65. The molecule has 20 heteroatoms. The van der Waals surface area contributed by atoms with Crippen molar-refractivity contribution in [3.05, 3.63) is 0 Å². The number of hydrogen-bond donors (Lipinski definition) is 6. The van der Waals surface area contributed by atoms with Gasteiger partial charge in [0.2, 0.25) is 29.5 Å². The number of hydrogen-bond acceptors (Lipinski definition) is 13. The molecule has 0 aromatic carbocycles. The number of carbonyl (C=O) groups is 5. The Morgan fingerprint density at radius 2 is 0.877 bits per heavy atom. The highest BCUT2D eigenvalue weighted by molar-refractivity contribution is 8.09. The maximum Gasteiger partial charge on any atom is 0.220 e. The van der Waals surface area contributed by atoms with Crippen LogP contribution in [0.1, 0.15) is 97.3 Å². The van der Waals surface area contributed by atoms with E-state index in [1.807, 2.05) is 13.8 Å². The fourth-order valence-electron chi connectivity index (χ4n) is 5.74. The molecule has 5 amide bonds. The summed E-state index contributed by atoms with van der Waals surface area (Å²) in [5, 5.41) is 14.4. The third-order valence-corrected chi connectivity index (χ3v) is 12.8. The zero-order chi connectivity index (χ0) is 48.3. The predicted molar refractivity (Wildman–Crippen MR) is 252 cm³/mol. The lowest BCUT2D eigenvalue weighted by Gasteiger charge is -2.35. The highest BCUT2D eigenvalue weighted by atomic mass is 32.5. The lowest BCUT2D eigenvalue weighted by molar-refractivity contribution is -0.128. The van der Waals surface area contributed by atoms with Crippen molar-refractivity contribution in [1.29, 1.82) is 0 Å². The van der Waals surface area contributed by atoms with Gasteiger partial charge in [0.1, 0.15) is 19.8 Å². The maximum atomic E-state index is 13.6. The highest BCUT2D eigenvalue weighted by Gasteiger charge is 2.33. The molecule has 1 atom stereocenters. The number of nitrogens with one attached hydrogen (secondary N) is 5. The van der Waals surface area contributed by atoms with E-state index in [0.717, 1.165) is 25.7 Å². The summed E-state index contributed by atoms with van der Waals surface area (Å²) in [6.45, 7) is 5.60. The highest BCUT2D eigenvalue weighted by Crippen LogP contribution is 2.47. The average molecular weight is 958 g/mol. The Bertz CT molecular complexity index is 1390. The van der Waals surface area contributed by atoms with Gasteiger partial charge in [0.25, 0.3) is 0 Å². The van der Waals surface area contributed by atoms with Crippen LogP contribution in [-0.2, 0) is 68.7 Å². The second-order valence-electron chi connectivity index (χ2n) is 15.1. The minimum Gasteiger partial charge on any atom is -0.377 e. The standard InChI is InChI=1S/C45H76N5O13PS/c1-6-26-57-33-36-60-30-23-47-41(52)16-19-45(20-17-42(53)48-24-31-61-37-34-58-27-7-2,21-18-43(54)49-25-32-62-38-35-59-28-8-3)50-44(55)15-13-14-40(51)46-22-11-9-10-12-29-63-64(56,65)39(4)5/h1-3,39H,9-38H2,4-5H3,(H,46,51)(H,47,52)(H,48,53)(H,49,54)(H,50,55)(H,56,65). The Morgan fingerprint density at radius 1 is 0.508 bits per heavy atom. The van der Waals surface area contributed by atoms with Crippen molar-refractivity contribution < 1.29 is 61.8 Å². The van der Waals surface area contributed by atoms with Crippen molar-refractivity contribution in [3.8, 4) is 37.0 Å². The Kier molecular flexibility index (Phi) is 39.4. The van der Waals surface area contributed by atoms with Gasteiger partial charge in [-0.05, 0) is 50.3 Å². The van der Waals surface area contributed by atoms with E-state index < -0.39 is 12.0 Å². The SMILES string of the molecule is C#CCOCCOCCNC(=O)CCC(CCC(=O)NCCOCCOCC#C)(CCC(=O)NCCOCCOCC#C)NC(=O)CCCC(=O)NCCCCCCOP(O)(=S)C(C)C. The van der Waals surface area contributed by atoms with Crippen LogP contribution >= 0.6 is 6.49 Å². The van der Waals surface area contributed by atoms with Crippen LogP contribution in [0.4, 0.5) is 0 Å². The van der Waals surface area contributed by atoms with E-state index in [4.69, 9.17) is 64.0 Å². The third-order valence-electron chi connectivity index (χ3n) is 9.40. The molecule has 0 aliphatic rings. The van der Waals surface area contributed by atoms with Crippen LogP contribution in [0.15, 0.2) is 0 Å². The second-order valence-corrected chi connectivity index (χ2v) is 19.1. The number of unbranched alkanes of at least 4 members (excludes halogenated alkanes) is 3. The summed E-state index contributed by atoms with van der Waals surface area (Å²) in [7, 11) is 0. The molecule has 0 saturated heterocycles. The van der Waals surface area contributed by atoms with Gasteiger partial charge in [0, 0.05) is 69.5 Å². The molecular formula is C45H76N5O13PS. The van der Waals surface area contributed by atoms with E-state index in [2.05, 4.69) is 44.3 Å². The van der Waals surface area contributed by atoms with Gasteiger partial charge in [0.15, 0.2) is 6.49 Å². The molecule has 0 rings (SSSR count). The minimum atomic E-state index is -2.75.